The summed E-state index contributed by atoms with van der Waals surface area (Å²) in [5.41, 5.74) is 0. The number of thiophene rings is 1. The van der Waals surface area contributed by atoms with Gasteiger partial charge in [0.1, 0.15) is 9.77 Å². The highest BCUT2D eigenvalue weighted by Crippen LogP contribution is 2.26. The molecule has 0 aliphatic heterocycles. The predicted octanol–water partition coefficient (Wildman–Crippen LogP) is 2.26. The van der Waals surface area contributed by atoms with E-state index in [1.807, 2.05) is 13.8 Å². The van der Waals surface area contributed by atoms with E-state index in [0.29, 0.717) is 12.8 Å². The van der Waals surface area contributed by atoms with E-state index in [1.54, 1.807) is 0 Å². The first kappa shape index (κ1) is 15.1. The van der Waals surface area contributed by atoms with Crippen LogP contribution in [-0.2, 0) is 10.0 Å². The summed E-state index contributed by atoms with van der Waals surface area (Å²) in [5.74, 6) is -1.21. The summed E-state index contributed by atoms with van der Waals surface area (Å²) < 4.78 is 26.0. The van der Waals surface area contributed by atoms with Crippen LogP contribution in [0.4, 0.5) is 0 Å². The molecule has 1 aromatic heterocycles. The van der Waals surface area contributed by atoms with Gasteiger partial charge in [-0.2, -0.15) is 4.31 Å². The van der Waals surface area contributed by atoms with Crippen molar-refractivity contribution >= 4 is 27.3 Å². The first-order valence-corrected chi connectivity index (χ1v) is 7.97. The second-order valence-electron chi connectivity index (χ2n) is 3.91. The van der Waals surface area contributed by atoms with Crippen molar-refractivity contribution in [3.63, 3.8) is 0 Å². The van der Waals surface area contributed by atoms with E-state index in [4.69, 9.17) is 5.11 Å². The lowest BCUT2D eigenvalue weighted by atomic mass is 10.2. The molecule has 0 amide bonds. The quantitative estimate of drug-likeness (QED) is 0.872. The minimum atomic E-state index is -3.73. The van der Waals surface area contributed by atoms with Crippen LogP contribution in [0.3, 0.4) is 0 Å². The van der Waals surface area contributed by atoms with Gasteiger partial charge < -0.3 is 5.11 Å². The monoisotopic (exact) mass is 291 g/mol. The van der Waals surface area contributed by atoms with Gasteiger partial charge in [0.15, 0.2) is 0 Å². The van der Waals surface area contributed by atoms with Crippen LogP contribution in [0.15, 0.2) is 16.3 Å². The molecule has 1 heterocycles. The summed E-state index contributed by atoms with van der Waals surface area (Å²) >= 11 is 0.923. The third-order valence-electron chi connectivity index (χ3n) is 2.94. The Morgan fingerprint density at radius 3 is 2.44 bits per heavy atom. The molecule has 5 nitrogen and oxygen atoms in total. The molecule has 1 rings (SSSR count). The average molecular weight is 291 g/mol. The third-order valence-corrected chi connectivity index (χ3v) is 5.92. The number of aromatic carboxylic acids is 1. The van der Waals surface area contributed by atoms with Gasteiger partial charge in [-0.3, -0.25) is 0 Å². The molecular formula is C11H17NO4S2. The lowest BCUT2D eigenvalue weighted by Gasteiger charge is -2.25. The topological polar surface area (TPSA) is 74.7 Å². The summed E-state index contributed by atoms with van der Waals surface area (Å²) in [4.78, 5) is 10.7. The highest BCUT2D eigenvalue weighted by molar-refractivity contribution is 7.89. The van der Waals surface area contributed by atoms with Gasteiger partial charge in [0, 0.05) is 13.1 Å². The molecule has 0 aromatic carbocycles. The molecule has 0 aliphatic rings. The predicted molar refractivity (Wildman–Crippen MR) is 70.6 cm³/mol. The Kier molecular flexibility index (Phi) is 4.89. The molecule has 0 radical (unpaired) electrons. The first-order chi connectivity index (χ1) is 8.36. The lowest BCUT2D eigenvalue weighted by molar-refractivity contribution is 0.0698. The third kappa shape index (κ3) is 2.73. The van der Waals surface area contributed by atoms with Gasteiger partial charge in [-0.05, 0) is 24.3 Å². The summed E-state index contributed by atoms with van der Waals surface area (Å²) in [5, 5.41) is 10.5. The van der Waals surface area contributed by atoms with Crippen LogP contribution < -0.4 is 0 Å². The number of carboxylic acid groups (broad SMARTS) is 1. The zero-order valence-corrected chi connectivity index (χ0v) is 12.2. The van der Waals surface area contributed by atoms with Crippen molar-refractivity contribution in [2.45, 2.75) is 37.6 Å². The fraction of sp³-hybridized carbons (Fsp3) is 0.545. The van der Waals surface area contributed by atoms with Crippen molar-refractivity contribution in [1.82, 2.24) is 4.31 Å². The second-order valence-corrected chi connectivity index (χ2v) is 6.79. The molecule has 0 fully saturated rings. The molecule has 7 heteroatoms. The van der Waals surface area contributed by atoms with E-state index in [0.717, 1.165) is 11.3 Å². The maximum absolute atomic E-state index is 12.3. The Hall–Kier alpha value is -0.920. The standard InChI is InChI=1S/C11H17NO4S2/c1-4-8(5-2)12(3)18(15,16)9-6-7-17-10(9)11(13)14/h6-8H,4-5H2,1-3H3,(H,13,14). The van der Waals surface area contributed by atoms with Crippen LogP contribution in [0.5, 0.6) is 0 Å². The number of carboxylic acids is 1. The molecule has 0 bridgehead atoms. The maximum atomic E-state index is 12.3. The fourth-order valence-corrected chi connectivity index (χ4v) is 4.54. The largest absolute Gasteiger partial charge is 0.477 e. The van der Waals surface area contributed by atoms with Crippen molar-refractivity contribution in [1.29, 1.82) is 0 Å². The molecular weight excluding hydrogens is 274 g/mol. The van der Waals surface area contributed by atoms with Crippen molar-refractivity contribution in [3.8, 4) is 0 Å². The first-order valence-electron chi connectivity index (χ1n) is 5.65. The maximum Gasteiger partial charge on any atom is 0.347 e. The summed E-state index contributed by atoms with van der Waals surface area (Å²) in [6.45, 7) is 3.82. The van der Waals surface area contributed by atoms with Crippen LogP contribution >= 0.6 is 11.3 Å². The fourth-order valence-electron chi connectivity index (χ4n) is 1.81. The lowest BCUT2D eigenvalue weighted by Crippen LogP contribution is -2.36. The van der Waals surface area contributed by atoms with Crippen molar-refractivity contribution < 1.29 is 18.3 Å². The summed E-state index contributed by atoms with van der Waals surface area (Å²) in [6.07, 6.45) is 1.39. The van der Waals surface area contributed by atoms with Gasteiger partial charge in [0.2, 0.25) is 10.0 Å². The van der Waals surface area contributed by atoms with Gasteiger partial charge in [0.25, 0.3) is 0 Å². The zero-order chi connectivity index (χ0) is 13.9. The molecule has 0 unspecified atom stereocenters. The highest BCUT2D eigenvalue weighted by Gasteiger charge is 2.30. The summed E-state index contributed by atoms with van der Waals surface area (Å²) in [7, 11) is -2.24. The number of nitrogens with zero attached hydrogens (tertiary/aromatic N) is 1. The smallest absolute Gasteiger partial charge is 0.347 e. The zero-order valence-electron chi connectivity index (χ0n) is 10.6. The van der Waals surface area contributed by atoms with Crippen molar-refractivity contribution in [2.24, 2.45) is 0 Å². The van der Waals surface area contributed by atoms with Crippen molar-refractivity contribution in [2.75, 3.05) is 7.05 Å². The minimum absolute atomic E-state index is 0.114. The van der Waals surface area contributed by atoms with Gasteiger partial charge in [-0.25, -0.2) is 13.2 Å². The average Bonchev–Trinajstić information content (AvgIpc) is 2.80. The molecule has 0 spiro atoms. The number of carbonyl (C=O) groups is 1. The molecule has 0 saturated heterocycles. The Morgan fingerprint density at radius 2 is 2.00 bits per heavy atom. The van der Waals surface area contributed by atoms with E-state index in [9.17, 15) is 13.2 Å². The van der Waals surface area contributed by atoms with Gasteiger partial charge >= 0.3 is 5.97 Å². The number of hydrogen-bond acceptors (Lipinski definition) is 4. The van der Waals surface area contributed by atoms with Crippen LogP contribution in [0.25, 0.3) is 0 Å². The van der Waals surface area contributed by atoms with E-state index in [2.05, 4.69) is 0 Å². The molecule has 0 saturated carbocycles. The Morgan fingerprint density at radius 1 is 1.44 bits per heavy atom. The van der Waals surface area contributed by atoms with Gasteiger partial charge in [-0.15, -0.1) is 11.3 Å². The van der Waals surface area contributed by atoms with E-state index < -0.39 is 16.0 Å². The van der Waals surface area contributed by atoms with Gasteiger partial charge in [0.05, 0.1) is 0 Å². The van der Waals surface area contributed by atoms with E-state index >= 15 is 0 Å². The summed E-state index contributed by atoms with van der Waals surface area (Å²) in [6, 6.07) is 1.24. The molecule has 18 heavy (non-hydrogen) atoms. The normalized spacial score (nSPS) is 12.3. The highest BCUT2D eigenvalue weighted by atomic mass is 32.2. The number of sulfonamides is 1. The Balaban J connectivity index is 3.21. The molecule has 1 aromatic rings. The molecule has 102 valence electrons. The second kappa shape index (κ2) is 5.81. The van der Waals surface area contributed by atoms with Crippen LogP contribution in [-0.4, -0.2) is 36.9 Å². The molecule has 0 aliphatic carbocycles. The van der Waals surface area contributed by atoms with E-state index in [-0.39, 0.29) is 15.8 Å². The van der Waals surface area contributed by atoms with Crippen molar-refractivity contribution in [3.05, 3.63) is 16.3 Å². The minimum Gasteiger partial charge on any atom is -0.477 e. The Bertz CT molecular complexity index is 517. The van der Waals surface area contributed by atoms with Crippen LogP contribution in [0.1, 0.15) is 36.4 Å². The Labute approximate surface area is 111 Å². The molecule has 1 N–H and O–H groups in total. The van der Waals surface area contributed by atoms with Crippen LogP contribution in [0, 0.1) is 0 Å². The number of rotatable bonds is 6. The van der Waals surface area contributed by atoms with Crippen LogP contribution in [0.2, 0.25) is 0 Å². The van der Waals surface area contributed by atoms with E-state index in [1.165, 1.54) is 22.8 Å². The van der Waals surface area contributed by atoms with Gasteiger partial charge in [-0.1, -0.05) is 13.8 Å². The number of hydrogen-bond donors (Lipinski definition) is 1. The molecule has 0 atom stereocenters. The SMILES string of the molecule is CCC(CC)N(C)S(=O)(=O)c1ccsc1C(=O)O.